The maximum atomic E-state index is 12.1. The summed E-state index contributed by atoms with van der Waals surface area (Å²) in [7, 11) is 1.56. The fourth-order valence-electron chi connectivity index (χ4n) is 2.47. The molecule has 0 bridgehead atoms. The van der Waals surface area contributed by atoms with E-state index in [9.17, 15) is 14.7 Å². The van der Waals surface area contributed by atoms with E-state index < -0.39 is 10.7 Å². The van der Waals surface area contributed by atoms with Gasteiger partial charge in [-0.1, -0.05) is 13.3 Å². The summed E-state index contributed by atoms with van der Waals surface area (Å²) in [5.41, 5.74) is 1.74. The number of amides is 1. The second-order valence-corrected chi connectivity index (χ2v) is 8.58. The van der Waals surface area contributed by atoms with Crippen LogP contribution < -0.4 is 10.1 Å². The van der Waals surface area contributed by atoms with Gasteiger partial charge in [0, 0.05) is 17.5 Å². The van der Waals surface area contributed by atoms with Crippen molar-refractivity contribution in [2.45, 2.75) is 50.2 Å². The zero-order valence-corrected chi connectivity index (χ0v) is 17.7. The lowest BCUT2D eigenvalue weighted by Crippen LogP contribution is -2.26. The maximum absolute atomic E-state index is 12.1. The van der Waals surface area contributed by atoms with E-state index in [1.54, 1.807) is 25.6 Å². The second kappa shape index (κ2) is 9.14. The first kappa shape index (κ1) is 21.8. The van der Waals surface area contributed by atoms with Gasteiger partial charge in [-0.15, -0.1) is 11.8 Å². The zero-order valence-electron chi connectivity index (χ0n) is 16.9. The molecule has 0 aliphatic carbocycles. The van der Waals surface area contributed by atoms with Gasteiger partial charge in [-0.2, -0.15) is 5.10 Å². The number of carbonyl (C=O) groups is 2. The number of carboxylic acids is 1. The molecular weight excluding hydrogens is 378 g/mol. The van der Waals surface area contributed by atoms with Crippen LogP contribution in [0.5, 0.6) is 5.88 Å². The van der Waals surface area contributed by atoms with E-state index >= 15 is 0 Å². The number of ether oxygens (including phenoxy) is 1. The van der Waals surface area contributed by atoms with E-state index in [2.05, 4.69) is 17.3 Å². The fourth-order valence-corrected chi connectivity index (χ4v) is 3.41. The lowest BCUT2D eigenvalue weighted by molar-refractivity contribution is -0.138. The predicted octanol–water partition coefficient (Wildman–Crippen LogP) is 3.67. The van der Waals surface area contributed by atoms with Crippen LogP contribution in [-0.2, 0) is 4.79 Å². The van der Waals surface area contributed by atoms with Crippen molar-refractivity contribution in [2.75, 3.05) is 13.7 Å². The van der Waals surface area contributed by atoms with Gasteiger partial charge in [0.2, 0.25) is 5.88 Å². The third kappa shape index (κ3) is 4.86. The van der Waals surface area contributed by atoms with Gasteiger partial charge in [-0.05, 0) is 51.5 Å². The molecular formula is C20H27N3O4S. The summed E-state index contributed by atoms with van der Waals surface area (Å²) in [5.74, 6) is -0.601. The van der Waals surface area contributed by atoms with Gasteiger partial charge in [0.05, 0.1) is 12.3 Å². The number of hydrogen-bond donors (Lipinski definition) is 2. The molecule has 1 heterocycles. The van der Waals surface area contributed by atoms with E-state index in [0.29, 0.717) is 23.7 Å². The van der Waals surface area contributed by atoms with E-state index in [-0.39, 0.29) is 5.91 Å². The SMILES string of the molecule is CCCCOc1c(C)c(C(=O)NC)nn1-c1ccc(SC(C)(C)C(=O)O)cc1. The zero-order chi connectivity index (χ0) is 20.9. The minimum absolute atomic E-state index is 0.271. The highest BCUT2D eigenvalue weighted by Crippen LogP contribution is 2.34. The largest absolute Gasteiger partial charge is 0.480 e. The van der Waals surface area contributed by atoms with E-state index in [1.807, 2.05) is 31.2 Å². The first-order valence-electron chi connectivity index (χ1n) is 9.18. The molecule has 0 spiro atoms. The molecule has 0 fully saturated rings. The van der Waals surface area contributed by atoms with Crippen molar-refractivity contribution in [1.82, 2.24) is 15.1 Å². The minimum Gasteiger partial charge on any atom is -0.480 e. The summed E-state index contributed by atoms with van der Waals surface area (Å²) in [6.07, 6.45) is 1.90. The third-order valence-corrected chi connectivity index (χ3v) is 5.41. The van der Waals surface area contributed by atoms with E-state index in [4.69, 9.17) is 4.74 Å². The molecule has 28 heavy (non-hydrogen) atoms. The third-order valence-electron chi connectivity index (χ3n) is 4.22. The van der Waals surface area contributed by atoms with Crippen molar-refractivity contribution in [1.29, 1.82) is 0 Å². The van der Waals surface area contributed by atoms with Crippen LogP contribution in [0, 0.1) is 6.92 Å². The Balaban J connectivity index is 2.37. The number of aliphatic carboxylic acids is 1. The number of nitrogens with one attached hydrogen (secondary N) is 1. The Hall–Kier alpha value is -2.48. The second-order valence-electron chi connectivity index (χ2n) is 6.88. The van der Waals surface area contributed by atoms with Crippen LogP contribution in [0.15, 0.2) is 29.2 Å². The first-order valence-corrected chi connectivity index (χ1v) is 10.00. The van der Waals surface area contributed by atoms with Crippen LogP contribution in [0.4, 0.5) is 0 Å². The highest BCUT2D eigenvalue weighted by atomic mass is 32.2. The van der Waals surface area contributed by atoms with Gasteiger partial charge in [-0.3, -0.25) is 9.59 Å². The Morgan fingerprint density at radius 1 is 1.29 bits per heavy atom. The molecule has 0 radical (unpaired) electrons. The quantitative estimate of drug-likeness (QED) is 0.488. The van der Waals surface area contributed by atoms with Crippen LogP contribution in [-0.4, -0.2) is 45.2 Å². The smallest absolute Gasteiger partial charge is 0.319 e. The summed E-state index contributed by atoms with van der Waals surface area (Å²) < 4.78 is 6.61. The molecule has 1 aromatic heterocycles. The molecule has 0 saturated heterocycles. The monoisotopic (exact) mass is 405 g/mol. The Kier molecular flexibility index (Phi) is 7.12. The van der Waals surface area contributed by atoms with Gasteiger partial charge in [0.25, 0.3) is 5.91 Å². The number of aromatic nitrogens is 2. The number of carbonyl (C=O) groups excluding carboxylic acids is 1. The highest BCUT2D eigenvalue weighted by Gasteiger charge is 2.28. The van der Waals surface area contributed by atoms with Crippen LogP contribution in [0.25, 0.3) is 5.69 Å². The van der Waals surface area contributed by atoms with Crippen molar-refractivity contribution >= 4 is 23.6 Å². The first-order chi connectivity index (χ1) is 13.2. The number of hydrogen-bond acceptors (Lipinski definition) is 5. The molecule has 2 aromatic rings. The lowest BCUT2D eigenvalue weighted by Gasteiger charge is -2.18. The lowest BCUT2D eigenvalue weighted by atomic mass is 10.2. The fraction of sp³-hybridized carbons (Fsp3) is 0.450. The molecule has 0 saturated carbocycles. The summed E-state index contributed by atoms with van der Waals surface area (Å²) in [6.45, 7) is 7.77. The van der Waals surface area contributed by atoms with Crippen LogP contribution in [0.3, 0.4) is 0 Å². The van der Waals surface area contributed by atoms with E-state index in [0.717, 1.165) is 23.4 Å². The van der Waals surface area contributed by atoms with Crippen molar-refractivity contribution < 1.29 is 19.4 Å². The standard InChI is InChI=1S/C20H27N3O4S/c1-6-7-12-27-18-13(2)16(17(24)21-5)22-23(18)14-8-10-15(11-9-14)28-20(3,4)19(25)26/h8-11H,6-7,12H2,1-5H3,(H,21,24)(H,25,26). The van der Waals surface area contributed by atoms with Crippen LogP contribution in [0.1, 0.15) is 49.7 Å². The van der Waals surface area contributed by atoms with Crippen molar-refractivity contribution in [3.63, 3.8) is 0 Å². The highest BCUT2D eigenvalue weighted by molar-refractivity contribution is 8.01. The molecule has 1 amide bonds. The molecule has 0 aliphatic rings. The van der Waals surface area contributed by atoms with Crippen molar-refractivity contribution in [3.8, 4) is 11.6 Å². The molecule has 152 valence electrons. The Morgan fingerprint density at radius 2 is 1.93 bits per heavy atom. The Labute approximate surface area is 169 Å². The average molecular weight is 406 g/mol. The number of unbranched alkanes of at least 4 members (excludes halogenated alkanes) is 1. The maximum Gasteiger partial charge on any atom is 0.319 e. The van der Waals surface area contributed by atoms with Gasteiger partial charge in [-0.25, -0.2) is 4.68 Å². The van der Waals surface area contributed by atoms with Crippen LogP contribution >= 0.6 is 11.8 Å². The Morgan fingerprint density at radius 3 is 2.46 bits per heavy atom. The normalized spacial score (nSPS) is 11.3. The summed E-state index contributed by atoms with van der Waals surface area (Å²) in [4.78, 5) is 24.3. The van der Waals surface area contributed by atoms with Gasteiger partial charge < -0.3 is 15.2 Å². The predicted molar refractivity (Wildman–Crippen MR) is 110 cm³/mol. The van der Waals surface area contributed by atoms with Crippen molar-refractivity contribution in [3.05, 3.63) is 35.5 Å². The number of benzene rings is 1. The molecule has 0 unspecified atom stereocenters. The van der Waals surface area contributed by atoms with Crippen LogP contribution in [0.2, 0.25) is 0 Å². The molecule has 0 atom stereocenters. The molecule has 7 nitrogen and oxygen atoms in total. The number of rotatable bonds is 9. The molecule has 8 heteroatoms. The number of carboxylic acid groups (broad SMARTS) is 1. The van der Waals surface area contributed by atoms with Gasteiger partial charge in [0.15, 0.2) is 5.69 Å². The molecule has 2 N–H and O–H groups in total. The molecule has 1 aromatic carbocycles. The average Bonchev–Trinajstić information content (AvgIpc) is 2.98. The summed E-state index contributed by atoms with van der Waals surface area (Å²) in [5, 5.41) is 16.3. The van der Waals surface area contributed by atoms with E-state index in [1.165, 1.54) is 11.8 Å². The molecule has 0 aliphatic heterocycles. The minimum atomic E-state index is -0.926. The topological polar surface area (TPSA) is 93.5 Å². The van der Waals surface area contributed by atoms with Gasteiger partial charge >= 0.3 is 5.97 Å². The number of nitrogens with zero attached hydrogens (tertiary/aromatic N) is 2. The summed E-state index contributed by atoms with van der Waals surface area (Å²) >= 11 is 1.27. The Bertz CT molecular complexity index is 844. The number of thioether (sulfide) groups is 1. The van der Waals surface area contributed by atoms with Crippen molar-refractivity contribution in [2.24, 2.45) is 0 Å². The summed E-state index contributed by atoms with van der Waals surface area (Å²) in [6, 6.07) is 7.37. The molecule has 2 rings (SSSR count). The van der Waals surface area contributed by atoms with Gasteiger partial charge in [0.1, 0.15) is 4.75 Å².